The van der Waals surface area contributed by atoms with Crippen molar-refractivity contribution >= 4 is 17.9 Å². The summed E-state index contributed by atoms with van der Waals surface area (Å²) >= 11 is 0. The Balaban J connectivity index is 2.46. The van der Waals surface area contributed by atoms with Gasteiger partial charge in [-0.15, -0.1) is 0 Å². The highest BCUT2D eigenvalue weighted by molar-refractivity contribution is 5.73. The van der Waals surface area contributed by atoms with E-state index in [0.717, 1.165) is 83.5 Å². The Morgan fingerprint density at radius 2 is 0.983 bits per heavy atom. The van der Waals surface area contributed by atoms with Gasteiger partial charge in [0.2, 0.25) is 0 Å². The number of allylic oxidation sites excluding steroid dienone is 16. The van der Waals surface area contributed by atoms with Crippen LogP contribution in [0.2, 0.25) is 0 Å². The van der Waals surface area contributed by atoms with Crippen molar-refractivity contribution in [3.05, 3.63) is 97.2 Å². The molecule has 0 spiro atoms. The predicted molar refractivity (Wildman–Crippen MR) is 229 cm³/mol. The zero-order valence-electron chi connectivity index (χ0n) is 35.0. The number of carbonyl (C=O) groups is 3. The van der Waals surface area contributed by atoms with E-state index in [2.05, 4.69) is 98.9 Å². The number of aliphatic carboxylic acids is 1. The molecule has 1 fully saturated rings. The van der Waals surface area contributed by atoms with Gasteiger partial charge in [0.15, 0.2) is 18.5 Å². The SMILES string of the molecule is CC/C=C\C/C=C\C/C=C\C/C=C\C/C=C\CCCC(=O)OCC(COC1OC(C(=O)O)C(O)C(O)C1O)OC(=O)CCCCCCC/C=C\C/C=C\C/C=C\CC. The third-order valence-electron chi connectivity index (χ3n) is 8.93. The van der Waals surface area contributed by atoms with E-state index in [9.17, 15) is 34.8 Å². The van der Waals surface area contributed by atoms with Crippen LogP contribution in [0.5, 0.6) is 0 Å². The quantitative estimate of drug-likeness (QED) is 0.0284. The van der Waals surface area contributed by atoms with Crippen molar-refractivity contribution in [3.8, 4) is 0 Å². The second-order valence-corrected chi connectivity index (χ2v) is 14.1. The van der Waals surface area contributed by atoms with Crippen LogP contribution in [-0.4, -0.2) is 88.4 Å². The molecule has 11 heteroatoms. The monoisotopic (exact) mass is 813 g/mol. The molecular formula is C47H72O11. The Morgan fingerprint density at radius 3 is 1.50 bits per heavy atom. The number of esters is 2. The summed E-state index contributed by atoms with van der Waals surface area (Å²) in [4.78, 5) is 36.8. The second-order valence-electron chi connectivity index (χ2n) is 14.1. The zero-order chi connectivity index (χ0) is 42.5. The molecule has 0 amide bonds. The van der Waals surface area contributed by atoms with Gasteiger partial charge in [-0.05, 0) is 83.5 Å². The lowest BCUT2D eigenvalue weighted by Gasteiger charge is -2.38. The maximum Gasteiger partial charge on any atom is 0.335 e. The summed E-state index contributed by atoms with van der Waals surface area (Å²) in [5.41, 5.74) is 0. The van der Waals surface area contributed by atoms with Gasteiger partial charge in [0, 0.05) is 12.8 Å². The number of hydrogen-bond donors (Lipinski definition) is 4. The molecule has 58 heavy (non-hydrogen) atoms. The van der Waals surface area contributed by atoms with Gasteiger partial charge in [-0.3, -0.25) is 9.59 Å². The fourth-order valence-corrected chi connectivity index (χ4v) is 5.63. The molecule has 1 heterocycles. The van der Waals surface area contributed by atoms with Crippen LogP contribution < -0.4 is 0 Å². The minimum Gasteiger partial charge on any atom is -0.479 e. The maximum absolute atomic E-state index is 12.7. The van der Waals surface area contributed by atoms with E-state index in [-0.39, 0.29) is 19.4 Å². The predicted octanol–water partition coefficient (Wildman–Crippen LogP) is 8.86. The molecule has 11 nitrogen and oxygen atoms in total. The van der Waals surface area contributed by atoms with E-state index < -0.39 is 61.3 Å². The largest absolute Gasteiger partial charge is 0.479 e. The number of carboxylic acid groups (broad SMARTS) is 1. The van der Waals surface area contributed by atoms with E-state index in [1.54, 1.807) is 0 Å². The average molecular weight is 813 g/mol. The number of aliphatic hydroxyl groups excluding tert-OH is 3. The molecular weight excluding hydrogens is 741 g/mol. The Labute approximate surface area is 347 Å². The van der Waals surface area contributed by atoms with Gasteiger partial charge < -0.3 is 39.4 Å². The van der Waals surface area contributed by atoms with Gasteiger partial charge in [0.1, 0.15) is 24.9 Å². The van der Waals surface area contributed by atoms with Gasteiger partial charge in [0.25, 0.3) is 0 Å². The summed E-state index contributed by atoms with van der Waals surface area (Å²) in [6, 6.07) is 0. The number of rotatable bonds is 33. The van der Waals surface area contributed by atoms with Crippen LogP contribution in [0.15, 0.2) is 97.2 Å². The molecule has 0 bridgehead atoms. The van der Waals surface area contributed by atoms with Crippen molar-refractivity contribution < 1.29 is 53.8 Å². The van der Waals surface area contributed by atoms with Crippen molar-refractivity contribution in [1.29, 1.82) is 0 Å². The summed E-state index contributed by atoms with van der Waals surface area (Å²) in [5.74, 6) is -2.56. The molecule has 6 atom stereocenters. The molecule has 326 valence electrons. The van der Waals surface area contributed by atoms with Crippen molar-refractivity contribution in [2.45, 2.75) is 166 Å². The molecule has 0 radical (unpaired) electrons. The Bertz CT molecular complexity index is 1330. The van der Waals surface area contributed by atoms with Crippen LogP contribution in [-0.2, 0) is 33.3 Å². The fraction of sp³-hybridized carbons (Fsp3) is 0.596. The lowest BCUT2D eigenvalue weighted by molar-refractivity contribution is -0.298. The van der Waals surface area contributed by atoms with Gasteiger partial charge in [-0.2, -0.15) is 0 Å². The third-order valence-corrected chi connectivity index (χ3v) is 8.93. The Hall–Kier alpha value is -3.87. The van der Waals surface area contributed by atoms with E-state index >= 15 is 0 Å². The van der Waals surface area contributed by atoms with Crippen molar-refractivity contribution in [2.75, 3.05) is 13.2 Å². The van der Waals surface area contributed by atoms with Crippen LogP contribution in [0, 0.1) is 0 Å². The third kappa shape index (κ3) is 27.7. The van der Waals surface area contributed by atoms with E-state index in [0.29, 0.717) is 19.3 Å². The van der Waals surface area contributed by atoms with Crippen LogP contribution in [0.25, 0.3) is 0 Å². The first-order valence-corrected chi connectivity index (χ1v) is 21.3. The molecule has 0 aromatic carbocycles. The molecule has 1 aliphatic heterocycles. The maximum atomic E-state index is 12.7. The Morgan fingerprint density at radius 1 is 0.534 bits per heavy atom. The van der Waals surface area contributed by atoms with Crippen LogP contribution in [0.4, 0.5) is 0 Å². The van der Waals surface area contributed by atoms with Crippen LogP contribution >= 0.6 is 0 Å². The van der Waals surface area contributed by atoms with Crippen molar-refractivity contribution in [3.63, 3.8) is 0 Å². The lowest BCUT2D eigenvalue weighted by atomic mass is 9.99. The molecule has 6 unspecified atom stereocenters. The van der Waals surface area contributed by atoms with Gasteiger partial charge >= 0.3 is 17.9 Å². The lowest BCUT2D eigenvalue weighted by Crippen LogP contribution is -2.60. The first kappa shape index (κ1) is 52.1. The minimum absolute atomic E-state index is 0.145. The number of ether oxygens (including phenoxy) is 4. The summed E-state index contributed by atoms with van der Waals surface area (Å²) in [7, 11) is 0. The van der Waals surface area contributed by atoms with Crippen LogP contribution in [0.3, 0.4) is 0 Å². The fourth-order valence-electron chi connectivity index (χ4n) is 5.63. The number of carbonyl (C=O) groups excluding carboxylic acids is 2. The highest BCUT2D eigenvalue weighted by Crippen LogP contribution is 2.23. The first-order valence-electron chi connectivity index (χ1n) is 21.3. The molecule has 1 rings (SSSR count). The van der Waals surface area contributed by atoms with Gasteiger partial charge in [-0.25, -0.2) is 4.79 Å². The molecule has 1 aliphatic rings. The standard InChI is InChI=1S/C47H72O11/c1-3-5-7-9-11-13-15-17-19-20-22-23-25-27-29-31-33-35-40(48)55-37-39(38-56-47-44(52)42(50)43(51)45(58-47)46(53)54)57-41(49)36-34-32-30-28-26-24-21-18-16-14-12-10-8-6-4-2/h5-8,11-14,17-19,21-23,27,29,39,42-45,47,50-52H,3-4,9-10,15-16,20,24-26,28,30-38H2,1-2H3,(H,53,54)/b7-5-,8-6-,13-11-,14-12-,19-17-,21-18-,23-22-,29-27-. The smallest absolute Gasteiger partial charge is 0.335 e. The number of carboxylic acids is 1. The summed E-state index contributed by atoms with van der Waals surface area (Å²) < 4.78 is 21.6. The second kappa shape index (κ2) is 36.2. The Kier molecular flexibility index (Phi) is 32.6. The topological polar surface area (TPSA) is 169 Å². The van der Waals surface area contributed by atoms with E-state index in [1.807, 2.05) is 12.2 Å². The van der Waals surface area contributed by atoms with Gasteiger partial charge in [-0.1, -0.05) is 130 Å². The molecule has 0 aromatic heterocycles. The molecule has 4 N–H and O–H groups in total. The number of hydrogen-bond acceptors (Lipinski definition) is 10. The average Bonchev–Trinajstić information content (AvgIpc) is 3.21. The normalized spacial score (nSPS) is 21.0. The van der Waals surface area contributed by atoms with Gasteiger partial charge in [0.05, 0.1) is 6.61 Å². The highest BCUT2D eigenvalue weighted by Gasteiger charge is 2.47. The molecule has 0 saturated carbocycles. The molecule has 0 aliphatic carbocycles. The summed E-state index contributed by atoms with van der Waals surface area (Å²) in [6.07, 6.45) is 38.9. The molecule has 1 saturated heterocycles. The molecule has 0 aromatic rings. The number of aliphatic hydroxyl groups is 3. The highest BCUT2D eigenvalue weighted by atomic mass is 16.7. The zero-order valence-corrected chi connectivity index (χ0v) is 35.0. The summed E-state index contributed by atoms with van der Waals surface area (Å²) in [6.45, 7) is 3.49. The summed E-state index contributed by atoms with van der Waals surface area (Å²) in [5, 5.41) is 39.8. The van der Waals surface area contributed by atoms with Crippen molar-refractivity contribution in [1.82, 2.24) is 0 Å². The van der Waals surface area contributed by atoms with Crippen LogP contribution in [0.1, 0.15) is 129 Å². The minimum atomic E-state index is -1.88. The van der Waals surface area contributed by atoms with E-state index in [4.69, 9.17) is 18.9 Å². The van der Waals surface area contributed by atoms with Crippen molar-refractivity contribution in [2.24, 2.45) is 0 Å². The number of unbranched alkanes of at least 4 members (excludes halogenated alkanes) is 6. The first-order chi connectivity index (χ1) is 28.2. The van der Waals surface area contributed by atoms with E-state index in [1.165, 1.54) is 0 Å².